The lowest BCUT2D eigenvalue weighted by Gasteiger charge is -2.26. The number of nitrogens with one attached hydrogen (secondary N) is 1. The van der Waals surface area contributed by atoms with Gasteiger partial charge in [0.1, 0.15) is 6.04 Å². The van der Waals surface area contributed by atoms with Gasteiger partial charge in [-0.25, -0.2) is 4.79 Å². The molecule has 0 saturated carbocycles. The highest BCUT2D eigenvalue weighted by molar-refractivity contribution is 5.90. The van der Waals surface area contributed by atoms with Crippen LogP contribution in [-0.4, -0.2) is 59.8 Å². The Morgan fingerprint density at radius 1 is 1.04 bits per heavy atom. The van der Waals surface area contributed by atoms with Crippen molar-refractivity contribution in [1.29, 1.82) is 0 Å². The Kier molecular flexibility index (Phi) is 6.22. The molecule has 2 heterocycles. The Morgan fingerprint density at radius 2 is 1.73 bits per heavy atom. The number of carbonyl (C=O) groups excluding carboxylic acids is 3. The summed E-state index contributed by atoms with van der Waals surface area (Å²) in [7, 11) is 0. The van der Waals surface area contributed by atoms with Gasteiger partial charge in [-0.3, -0.25) is 9.59 Å². The van der Waals surface area contributed by atoms with Crippen LogP contribution in [-0.2, 0) is 14.4 Å². The Hall–Kier alpha value is -2.41. The molecule has 3 rings (SSSR count). The lowest BCUT2D eigenvalue weighted by molar-refractivity contribution is -0.142. The molecule has 1 N–H and O–H groups in total. The topological polar surface area (TPSA) is 79.0 Å². The summed E-state index contributed by atoms with van der Waals surface area (Å²) < 4.78 is 0. The van der Waals surface area contributed by atoms with E-state index in [0.29, 0.717) is 18.5 Å². The highest BCUT2D eigenvalue weighted by Gasteiger charge is 2.30. The standard InChI is InChI=1S/C19H25N3O4/c23-17(21-11-6-7-12-21)14-22-13-5-4-10-16(18(22)24)20-26-19(25)15-8-2-1-3-9-15/h1-3,8-9,16,20H,4-7,10-14H2/t16-/m0/s1. The van der Waals surface area contributed by atoms with Gasteiger partial charge in [-0.2, -0.15) is 0 Å². The highest BCUT2D eigenvalue weighted by atomic mass is 16.7. The Balaban J connectivity index is 1.55. The molecule has 2 amide bonds. The second kappa shape index (κ2) is 8.80. The molecule has 1 aromatic rings. The van der Waals surface area contributed by atoms with Crippen molar-refractivity contribution in [2.24, 2.45) is 0 Å². The van der Waals surface area contributed by atoms with E-state index >= 15 is 0 Å². The third-order valence-electron chi connectivity index (χ3n) is 4.87. The molecule has 2 aliphatic rings. The van der Waals surface area contributed by atoms with Crippen molar-refractivity contribution in [3.63, 3.8) is 0 Å². The molecule has 1 aromatic carbocycles. The largest absolute Gasteiger partial charge is 0.366 e. The SMILES string of the molecule is O=C(ON[C@H]1CCCCN(CC(=O)N2CCCC2)C1=O)c1ccccc1. The average Bonchev–Trinajstić information content (AvgIpc) is 3.15. The fourth-order valence-corrected chi connectivity index (χ4v) is 3.36. The molecule has 0 radical (unpaired) electrons. The Morgan fingerprint density at radius 3 is 2.46 bits per heavy atom. The maximum absolute atomic E-state index is 12.7. The van der Waals surface area contributed by atoms with E-state index < -0.39 is 12.0 Å². The molecule has 2 saturated heterocycles. The van der Waals surface area contributed by atoms with Gasteiger partial charge in [-0.05, 0) is 44.2 Å². The first kappa shape index (κ1) is 18.4. The van der Waals surface area contributed by atoms with Gasteiger partial charge in [0, 0.05) is 19.6 Å². The van der Waals surface area contributed by atoms with Crippen LogP contribution in [0.4, 0.5) is 0 Å². The summed E-state index contributed by atoms with van der Waals surface area (Å²) in [5.74, 6) is -0.712. The zero-order valence-corrected chi connectivity index (χ0v) is 14.9. The second-order valence-corrected chi connectivity index (χ2v) is 6.77. The fraction of sp³-hybridized carbons (Fsp3) is 0.526. The van der Waals surface area contributed by atoms with E-state index in [1.165, 1.54) is 0 Å². The molecule has 1 atom stereocenters. The summed E-state index contributed by atoms with van der Waals surface area (Å²) in [6, 6.07) is 8.00. The van der Waals surface area contributed by atoms with Crippen molar-refractivity contribution in [2.75, 3.05) is 26.2 Å². The summed E-state index contributed by atoms with van der Waals surface area (Å²) in [4.78, 5) is 45.7. The zero-order valence-electron chi connectivity index (χ0n) is 14.9. The first-order valence-corrected chi connectivity index (χ1v) is 9.23. The number of hydrogen-bond acceptors (Lipinski definition) is 5. The van der Waals surface area contributed by atoms with E-state index in [0.717, 1.165) is 38.8 Å². The minimum absolute atomic E-state index is 0.00206. The van der Waals surface area contributed by atoms with Crippen LogP contribution in [0.25, 0.3) is 0 Å². The van der Waals surface area contributed by atoms with Crippen molar-refractivity contribution >= 4 is 17.8 Å². The van der Waals surface area contributed by atoms with Crippen LogP contribution < -0.4 is 5.48 Å². The Labute approximate surface area is 153 Å². The molecule has 0 bridgehead atoms. The van der Waals surface area contributed by atoms with Crippen LogP contribution in [0.5, 0.6) is 0 Å². The quantitative estimate of drug-likeness (QED) is 0.803. The molecule has 26 heavy (non-hydrogen) atoms. The van der Waals surface area contributed by atoms with Gasteiger partial charge < -0.3 is 14.6 Å². The van der Waals surface area contributed by atoms with Gasteiger partial charge in [-0.1, -0.05) is 18.2 Å². The van der Waals surface area contributed by atoms with Gasteiger partial charge in [0.2, 0.25) is 11.8 Å². The van der Waals surface area contributed by atoms with E-state index in [9.17, 15) is 14.4 Å². The monoisotopic (exact) mass is 359 g/mol. The molecule has 0 spiro atoms. The lowest BCUT2D eigenvalue weighted by atomic mass is 10.1. The molecule has 7 heteroatoms. The van der Waals surface area contributed by atoms with Gasteiger partial charge in [0.05, 0.1) is 12.1 Å². The number of hydrogen-bond donors (Lipinski definition) is 1. The maximum Gasteiger partial charge on any atom is 0.356 e. The van der Waals surface area contributed by atoms with Crippen molar-refractivity contribution in [2.45, 2.75) is 38.1 Å². The van der Waals surface area contributed by atoms with Crippen LogP contribution in [0.3, 0.4) is 0 Å². The van der Waals surface area contributed by atoms with E-state index in [4.69, 9.17) is 4.84 Å². The van der Waals surface area contributed by atoms with Gasteiger partial charge in [0.25, 0.3) is 0 Å². The number of rotatable bonds is 5. The van der Waals surface area contributed by atoms with E-state index in [1.807, 2.05) is 11.0 Å². The van der Waals surface area contributed by atoms with Crippen LogP contribution in [0.2, 0.25) is 0 Å². The van der Waals surface area contributed by atoms with E-state index in [2.05, 4.69) is 5.48 Å². The van der Waals surface area contributed by atoms with Gasteiger partial charge in [-0.15, -0.1) is 5.48 Å². The predicted molar refractivity (Wildman–Crippen MR) is 95.0 cm³/mol. The van der Waals surface area contributed by atoms with E-state index in [-0.39, 0.29) is 18.4 Å². The predicted octanol–water partition coefficient (Wildman–Crippen LogP) is 1.35. The van der Waals surface area contributed by atoms with Crippen LogP contribution in [0.1, 0.15) is 42.5 Å². The zero-order chi connectivity index (χ0) is 18.4. The minimum atomic E-state index is -0.614. The van der Waals surface area contributed by atoms with Crippen molar-refractivity contribution in [3.05, 3.63) is 35.9 Å². The average molecular weight is 359 g/mol. The number of likely N-dealkylation sites (tertiary alicyclic amines) is 2. The summed E-state index contributed by atoms with van der Waals surface area (Å²) in [5, 5.41) is 0. The molecule has 2 fully saturated rings. The summed E-state index contributed by atoms with van der Waals surface area (Å²) in [6.45, 7) is 2.21. The lowest BCUT2D eigenvalue weighted by Crippen LogP contribution is -2.49. The Bertz CT molecular complexity index is 643. The molecular weight excluding hydrogens is 334 g/mol. The molecule has 7 nitrogen and oxygen atoms in total. The number of amides is 2. The third kappa shape index (κ3) is 4.60. The summed E-state index contributed by atoms with van der Waals surface area (Å²) in [5.41, 5.74) is 3.04. The highest BCUT2D eigenvalue weighted by Crippen LogP contribution is 2.14. The van der Waals surface area contributed by atoms with Crippen molar-refractivity contribution in [3.8, 4) is 0 Å². The van der Waals surface area contributed by atoms with Crippen molar-refractivity contribution < 1.29 is 19.2 Å². The molecule has 2 aliphatic heterocycles. The van der Waals surface area contributed by atoms with E-state index in [1.54, 1.807) is 29.2 Å². The second-order valence-electron chi connectivity index (χ2n) is 6.77. The number of benzene rings is 1. The fourth-order valence-electron chi connectivity index (χ4n) is 3.36. The van der Waals surface area contributed by atoms with Crippen molar-refractivity contribution in [1.82, 2.24) is 15.3 Å². The molecule has 140 valence electrons. The normalized spacial score (nSPS) is 20.8. The minimum Gasteiger partial charge on any atom is -0.366 e. The molecule has 0 aliphatic carbocycles. The van der Waals surface area contributed by atoms with Crippen LogP contribution in [0, 0.1) is 0 Å². The maximum atomic E-state index is 12.7. The molecule has 0 unspecified atom stereocenters. The van der Waals surface area contributed by atoms with Gasteiger partial charge in [0.15, 0.2) is 0 Å². The number of nitrogens with zero attached hydrogens (tertiary/aromatic N) is 2. The summed E-state index contributed by atoms with van der Waals surface area (Å²) >= 11 is 0. The van der Waals surface area contributed by atoms with Crippen LogP contribution >= 0.6 is 0 Å². The summed E-state index contributed by atoms with van der Waals surface area (Å²) in [6.07, 6.45) is 4.30. The smallest absolute Gasteiger partial charge is 0.356 e. The number of hydroxylamine groups is 1. The molecule has 0 aromatic heterocycles. The first-order chi connectivity index (χ1) is 12.6. The number of carbonyl (C=O) groups is 3. The third-order valence-corrected chi connectivity index (χ3v) is 4.87. The van der Waals surface area contributed by atoms with Crippen LogP contribution in [0.15, 0.2) is 30.3 Å². The molecular formula is C19H25N3O4. The van der Waals surface area contributed by atoms with Gasteiger partial charge >= 0.3 is 5.97 Å². The first-order valence-electron chi connectivity index (χ1n) is 9.23.